The normalized spacial score (nSPS) is 11.3. The molecule has 10 rings (SSSR count). The molecule has 0 saturated heterocycles. The second-order valence-electron chi connectivity index (χ2n) is 30.4. The van der Waals surface area contributed by atoms with Crippen molar-refractivity contribution in [2.45, 2.75) is 131 Å². The van der Waals surface area contributed by atoms with Gasteiger partial charge in [-0.3, -0.25) is 0 Å². The highest BCUT2D eigenvalue weighted by molar-refractivity contribution is 5.93. The maximum absolute atomic E-state index is 13.6. The Morgan fingerprint density at radius 3 is 0.950 bits per heavy atom. The molecule has 0 heterocycles. The molecule has 22 nitrogen and oxygen atoms in total. The zero-order valence-electron chi connectivity index (χ0n) is 70.8. The Balaban J connectivity index is 1.06. The number of rotatable bonds is 47. The first-order valence-electron chi connectivity index (χ1n) is 40.0. The van der Waals surface area contributed by atoms with Crippen LogP contribution in [-0.4, -0.2) is 131 Å². The van der Waals surface area contributed by atoms with Gasteiger partial charge in [-0.25, -0.2) is 19.2 Å². The largest absolute Gasteiger partial charge is 0.496 e. The summed E-state index contributed by atoms with van der Waals surface area (Å²) in [7, 11) is 9.10. The smallest absolute Gasteiger partial charge is 0.344 e. The van der Waals surface area contributed by atoms with Gasteiger partial charge < -0.3 is 85.3 Å². The minimum Gasteiger partial charge on any atom is -0.496 e. The lowest BCUT2D eigenvalue weighted by atomic mass is 9.93. The number of benzene rings is 10. The van der Waals surface area contributed by atoms with Crippen molar-refractivity contribution < 1.29 is 104 Å². The van der Waals surface area contributed by atoms with Crippen LogP contribution in [0.25, 0.3) is 0 Å². The number of hydrogen-bond acceptors (Lipinski definition) is 22. The molecule has 10 aromatic rings. The van der Waals surface area contributed by atoms with Crippen LogP contribution in [0.1, 0.15) is 140 Å². The summed E-state index contributed by atoms with van der Waals surface area (Å²) in [5, 5.41) is 0. The van der Waals surface area contributed by atoms with Crippen LogP contribution in [0.4, 0.5) is 0 Å². The van der Waals surface area contributed by atoms with E-state index in [1.54, 1.807) is 94.2 Å². The number of ether oxygens (including phenoxy) is 18. The number of hydrogen-bond donors (Lipinski definition) is 0. The van der Waals surface area contributed by atoms with Crippen molar-refractivity contribution in [1.82, 2.24) is 0 Å². The van der Waals surface area contributed by atoms with E-state index in [9.17, 15) is 19.2 Å². The summed E-state index contributed by atoms with van der Waals surface area (Å²) in [6.45, 7) is 12.1. The number of aryl methyl sites for hydroxylation is 6. The van der Waals surface area contributed by atoms with E-state index >= 15 is 0 Å². The SMILES string of the molecule is COCCOCOc1ccc(CCc2cc(OCc3ccccc3)c(Cc3cc(OCc4ccccc4)cc(CCc4cc(OCc5ccccc5)cc(Cc5cc(OCC(=O)OC(C)(C)C)c(CCc6ccc(OCOCCOC)c(C(=O)OC)c6)cc5OCc5ccccc5)c4OC)c3OC)cc2OCC(=O)OC(C)(C)C)cc1C(=O)OC. The van der Waals surface area contributed by atoms with Gasteiger partial charge in [0.05, 0.1) is 54.9 Å². The highest BCUT2D eigenvalue weighted by atomic mass is 16.7. The van der Waals surface area contributed by atoms with Gasteiger partial charge in [-0.1, -0.05) is 133 Å². The fourth-order valence-electron chi connectivity index (χ4n) is 13.3. The van der Waals surface area contributed by atoms with Gasteiger partial charge in [-0.05, 0) is 208 Å². The first-order chi connectivity index (χ1) is 58.1. The second-order valence-corrected chi connectivity index (χ2v) is 30.4. The average Bonchev–Trinajstić information content (AvgIpc) is 0.795. The molecule has 0 aliphatic heterocycles. The predicted molar refractivity (Wildman–Crippen MR) is 455 cm³/mol. The van der Waals surface area contributed by atoms with E-state index in [2.05, 4.69) is 0 Å². The fourth-order valence-corrected chi connectivity index (χ4v) is 13.3. The van der Waals surface area contributed by atoms with E-state index < -0.39 is 48.3 Å². The first kappa shape index (κ1) is 90.2. The lowest BCUT2D eigenvalue weighted by Gasteiger charge is -2.22. The Hall–Kier alpha value is -12.1. The molecule has 0 bridgehead atoms. The topological polar surface area (TPSA) is 234 Å². The maximum atomic E-state index is 13.6. The van der Waals surface area contributed by atoms with Gasteiger partial charge in [0.1, 0.15) is 106 Å². The van der Waals surface area contributed by atoms with Crippen LogP contribution in [0.2, 0.25) is 0 Å². The number of esters is 4. The third-order valence-corrected chi connectivity index (χ3v) is 19.0. The minimum atomic E-state index is -0.790. The van der Waals surface area contributed by atoms with Crippen LogP contribution in [0.15, 0.2) is 206 Å². The summed E-state index contributed by atoms with van der Waals surface area (Å²) in [5.41, 5.74) is 10.2. The molecule has 0 unspecified atom stereocenters. The van der Waals surface area contributed by atoms with Gasteiger partial charge in [0.25, 0.3) is 0 Å². The molecule has 0 amide bonds. The Kier molecular flexibility index (Phi) is 34.4. The average molecular weight is 1640 g/mol. The third kappa shape index (κ3) is 28.3. The van der Waals surface area contributed by atoms with Crippen LogP contribution < -0.4 is 47.4 Å². The summed E-state index contributed by atoms with van der Waals surface area (Å²) in [6.07, 6.45) is 2.82. The third-order valence-electron chi connectivity index (χ3n) is 19.0. The van der Waals surface area contributed by atoms with Crippen LogP contribution in [0.3, 0.4) is 0 Å². The summed E-state index contributed by atoms with van der Waals surface area (Å²) in [5.74, 6) is 2.56. The summed E-state index contributed by atoms with van der Waals surface area (Å²) >= 11 is 0. The Bertz CT molecular complexity index is 4630. The summed E-state index contributed by atoms with van der Waals surface area (Å²) in [6, 6.07) is 66.0. The summed E-state index contributed by atoms with van der Waals surface area (Å²) in [4.78, 5) is 53.9. The van der Waals surface area contributed by atoms with Crippen molar-refractivity contribution in [3.8, 4) is 57.5 Å². The lowest BCUT2D eigenvalue weighted by Crippen LogP contribution is -2.27. The van der Waals surface area contributed by atoms with Gasteiger partial charge in [-0.2, -0.15) is 0 Å². The van der Waals surface area contributed by atoms with Crippen molar-refractivity contribution >= 4 is 23.9 Å². The lowest BCUT2D eigenvalue weighted by molar-refractivity contribution is -0.158. The van der Waals surface area contributed by atoms with Gasteiger partial charge in [0.15, 0.2) is 26.8 Å². The number of methoxy groups -OCH3 is 6. The standard InChI is InChI=1S/C98H110O22/c1-97(2,3)119-91(99)63-115-87-57-77(89(113-61-71-29-21-15-22-30-71)55-73(87)37-33-67-35-41-85(83(47-67)95(101)107-11)117-65-109-45-43-103-7)49-79-53-81(111-59-69-25-17-13-18-26-69)51-75(93(79)105-9)39-40-76-52-82(112-60-70-27-19-14-20-28-70)54-80(94(76)106-10)50-78-58-88(116-64-92(100)120-98(4,5)6)74(56-90(78)114-62-72-31-23-16-24-32-72)38-34-68-36-42-86(84(48-68)96(102)108-12)118-66-110-46-44-104-8/h13-32,35-36,41-42,47-48,51-58H,33-34,37-40,43-46,49-50,59-66H2,1-12H3. The molecular weight excluding hydrogens is 1530 g/mol. The number of carbonyl (C=O) groups excluding carboxylic acids is 4. The highest BCUT2D eigenvalue weighted by Crippen LogP contribution is 2.42. The Labute approximate surface area is 704 Å². The molecular formula is C98H110O22. The molecule has 10 aromatic carbocycles. The van der Waals surface area contributed by atoms with Gasteiger partial charge in [0.2, 0.25) is 0 Å². The van der Waals surface area contributed by atoms with Crippen molar-refractivity contribution in [2.24, 2.45) is 0 Å². The van der Waals surface area contributed by atoms with Crippen molar-refractivity contribution in [3.05, 3.63) is 295 Å². The molecule has 0 spiro atoms. The molecule has 0 aliphatic carbocycles. The molecule has 22 heteroatoms. The van der Waals surface area contributed by atoms with E-state index in [0.29, 0.717) is 145 Å². The summed E-state index contributed by atoms with van der Waals surface area (Å²) < 4.78 is 109. The predicted octanol–water partition coefficient (Wildman–Crippen LogP) is 17.6. The molecule has 634 valence electrons. The van der Waals surface area contributed by atoms with Gasteiger partial charge in [0, 0.05) is 49.3 Å². The van der Waals surface area contributed by atoms with E-state index in [-0.39, 0.29) is 64.0 Å². The van der Waals surface area contributed by atoms with Crippen molar-refractivity contribution in [2.75, 3.05) is 95.9 Å². The van der Waals surface area contributed by atoms with Crippen LogP contribution in [0, 0.1) is 0 Å². The van der Waals surface area contributed by atoms with E-state index in [1.165, 1.54) is 14.2 Å². The molecule has 0 radical (unpaired) electrons. The first-order valence-corrected chi connectivity index (χ1v) is 40.0. The fraction of sp³-hybridized carbons (Fsp3) is 0.347. The number of carbonyl (C=O) groups is 4. The molecule has 0 aliphatic rings. The molecule has 0 fully saturated rings. The van der Waals surface area contributed by atoms with Crippen LogP contribution >= 0.6 is 0 Å². The van der Waals surface area contributed by atoms with E-state index in [4.69, 9.17) is 85.3 Å². The van der Waals surface area contributed by atoms with Gasteiger partial charge in [-0.15, -0.1) is 0 Å². The second kappa shape index (κ2) is 45.8. The Morgan fingerprint density at radius 1 is 0.292 bits per heavy atom. The van der Waals surface area contributed by atoms with Crippen LogP contribution in [0.5, 0.6) is 57.5 Å². The Morgan fingerprint density at radius 2 is 0.617 bits per heavy atom. The molecule has 0 N–H and O–H groups in total. The van der Waals surface area contributed by atoms with Gasteiger partial charge >= 0.3 is 23.9 Å². The van der Waals surface area contributed by atoms with E-state index in [1.807, 2.05) is 182 Å². The quantitative estimate of drug-likeness (QED) is 0.0149. The van der Waals surface area contributed by atoms with E-state index in [0.717, 1.165) is 55.6 Å². The van der Waals surface area contributed by atoms with Crippen LogP contribution in [-0.2, 0) is 125 Å². The van der Waals surface area contributed by atoms with Crippen molar-refractivity contribution in [3.63, 3.8) is 0 Å². The molecule has 0 aromatic heterocycles. The maximum Gasteiger partial charge on any atom is 0.344 e. The zero-order valence-corrected chi connectivity index (χ0v) is 70.8. The van der Waals surface area contributed by atoms with Crippen molar-refractivity contribution in [1.29, 1.82) is 0 Å². The molecule has 0 atom stereocenters. The monoisotopic (exact) mass is 1640 g/mol. The minimum absolute atomic E-state index is 0.109. The zero-order chi connectivity index (χ0) is 85.2. The molecule has 120 heavy (non-hydrogen) atoms. The molecule has 0 saturated carbocycles. The highest BCUT2D eigenvalue weighted by Gasteiger charge is 2.27.